The van der Waals surface area contributed by atoms with Gasteiger partial charge in [0.05, 0.1) is 0 Å². The summed E-state index contributed by atoms with van der Waals surface area (Å²) in [5.41, 5.74) is 0.464. The molecule has 2 heteroatoms. The lowest BCUT2D eigenvalue weighted by Crippen LogP contribution is -2.68. The zero-order chi connectivity index (χ0) is 14.2. The second kappa shape index (κ2) is 5.96. The lowest BCUT2D eigenvalue weighted by atomic mass is 9.77. The van der Waals surface area contributed by atoms with E-state index in [2.05, 4.69) is 31.0 Å². The smallest absolute Gasteiger partial charge is 0.0309 e. The molecule has 20 heavy (non-hydrogen) atoms. The van der Waals surface area contributed by atoms with Crippen molar-refractivity contribution in [2.45, 2.75) is 89.8 Å². The number of nitrogens with one attached hydrogen (secondary N) is 1. The zero-order valence-electron chi connectivity index (χ0n) is 13.8. The van der Waals surface area contributed by atoms with Crippen molar-refractivity contribution in [1.82, 2.24) is 10.2 Å². The fourth-order valence-corrected chi connectivity index (χ4v) is 5.12. The Morgan fingerprint density at radius 1 is 1.05 bits per heavy atom. The standard InChI is InChI=1S/C18H34N2/c1-14(2)17-12-19-18(10-5-4-6-11-18)13-20(17)16-9-7-8-15(16)3/h14-17,19H,4-13H2,1-3H3. The molecule has 3 fully saturated rings. The van der Waals surface area contributed by atoms with Crippen LogP contribution in [0.3, 0.4) is 0 Å². The molecule has 0 bridgehead atoms. The number of nitrogens with zero attached hydrogens (tertiary/aromatic N) is 1. The third-order valence-corrected chi connectivity index (χ3v) is 6.42. The lowest BCUT2D eigenvalue weighted by Gasteiger charge is -2.53. The highest BCUT2D eigenvalue weighted by molar-refractivity contribution is 5.03. The Morgan fingerprint density at radius 3 is 2.40 bits per heavy atom. The first-order valence-electron chi connectivity index (χ1n) is 9.12. The van der Waals surface area contributed by atoms with Gasteiger partial charge in [0, 0.05) is 30.7 Å². The van der Waals surface area contributed by atoms with E-state index in [0.717, 1.165) is 23.9 Å². The molecule has 3 rings (SSSR count). The molecule has 0 aromatic heterocycles. The molecule has 3 unspecified atom stereocenters. The van der Waals surface area contributed by atoms with Crippen LogP contribution in [-0.2, 0) is 0 Å². The first kappa shape index (κ1) is 14.8. The van der Waals surface area contributed by atoms with Crippen molar-refractivity contribution in [3.05, 3.63) is 0 Å². The van der Waals surface area contributed by atoms with Gasteiger partial charge in [-0.1, -0.05) is 46.5 Å². The van der Waals surface area contributed by atoms with E-state index in [4.69, 9.17) is 0 Å². The van der Waals surface area contributed by atoms with Crippen LogP contribution in [-0.4, -0.2) is 35.6 Å². The van der Waals surface area contributed by atoms with E-state index in [0.29, 0.717) is 5.54 Å². The van der Waals surface area contributed by atoms with Crippen molar-refractivity contribution in [3.63, 3.8) is 0 Å². The summed E-state index contributed by atoms with van der Waals surface area (Å²) in [6, 6.07) is 1.62. The fraction of sp³-hybridized carbons (Fsp3) is 1.00. The minimum Gasteiger partial charge on any atom is -0.308 e. The highest BCUT2D eigenvalue weighted by atomic mass is 15.3. The van der Waals surface area contributed by atoms with Gasteiger partial charge in [-0.05, 0) is 37.5 Å². The van der Waals surface area contributed by atoms with Crippen LogP contribution in [0.2, 0.25) is 0 Å². The van der Waals surface area contributed by atoms with Crippen LogP contribution in [0.4, 0.5) is 0 Å². The zero-order valence-corrected chi connectivity index (χ0v) is 13.8. The second-order valence-electron chi connectivity index (χ2n) is 8.18. The molecule has 2 saturated carbocycles. The van der Waals surface area contributed by atoms with Crippen molar-refractivity contribution in [1.29, 1.82) is 0 Å². The molecule has 0 aromatic carbocycles. The van der Waals surface area contributed by atoms with Gasteiger partial charge in [-0.15, -0.1) is 0 Å². The van der Waals surface area contributed by atoms with Gasteiger partial charge in [-0.3, -0.25) is 4.90 Å². The normalized spacial score (nSPS) is 38.7. The Morgan fingerprint density at radius 2 is 1.80 bits per heavy atom. The average molecular weight is 278 g/mol. The second-order valence-corrected chi connectivity index (χ2v) is 8.18. The largest absolute Gasteiger partial charge is 0.308 e. The van der Waals surface area contributed by atoms with Crippen molar-refractivity contribution in [3.8, 4) is 0 Å². The summed E-state index contributed by atoms with van der Waals surface area (Å²) in [5.74, 6) is 1.69. The number of hydrogen-bond acceptors (Lipinski definition) is 2. The van der Waals surface area contributed by atoms with Crippen molar-refractivity contribution >= 4 is 0 Å². The van der Waals surface area contributed by atoms with E-state index in [9.17, 15) is 0 Å². The molecule has 2 aliphatic carbocycles. The molecular weight excluding hydrogens is 244 g/mol. The molecule has 3 atom stereocenters. The summed E-state index contributed by atoms with van der Waals surface area (Å²) < 4.78 is 0. The lowest BCUT2D eigenvalue weighted by molar-refractivity contribution is -0.00302. The highest BCUT2D eigenvalue weighted by Gasteiger charge is 2.44. The Kier molecular flexibility index (Phi) is 4.42. The monoisotopic (exact) mass is 278 g/mol. The maximum Gasteiger partial charge on any atom is 0.0309 e. The van der Waals surface area contributed by atoms with E-state index < -0.39 is 0 Å². The first-order chi connectivity index (χ1) is 9.61. The molecule has 1 saturated heterocycles. The van der Waals surface area contributed by atoms with Gasteiger partial charge in [0.15, 0.2) is 0 Å². The van der Waals surface area contributed by atoms with Crippen LogP contribution in [0.15, 0.2) is 0 Å². The molecular formula is C18H34N2. The third-order valence-electron chi connectivity index (χ3n) is 6.42. The topological polar surface area (TPSA) is 15.3 Å². The minimum atomic E-state index is 0.464. The number of hydrogen-bond donors (Lipinski definition) is 1. The summed E-state index contributed by atoms with van der Waals surface area (Å²) in [6.07, 6.45) is 11.5. The highest BCUT2D eigenvalue weighted by Crippen LogP contribution is 2.38. The first-order valence-corrected chi connectivity index (χ1v) is 9.12. The van der Waals surface area contributed by atoms with Crippen molar-refractivity contribution in [2.75, 3.05) is 13.1 Å². The van der Waals surface area contributed by atoms with Crippen LogP contribution in [0.25, 0.3) is 0 Å². The summed E-state index contributed by atoms with van der Waals surface area (Å²) in [7, 11) is 0. The van der Waals surface area contributed by atoms with Crippen LogP contribution in [0, 0.1) is 11.8 Å². The average Bonchev–Trinajstić information content (AvgIpc) is 2.85. The molecule has 116 valence electrons. The summed E-state index contributed by atoms with van der Waals surface area (Å²) in [6.45, 7) is 9.87. The van der Waals surface area contributed by atoms with Crippen LogP contribution < -0.4 is 5.32 Å². The molecule has 1 N–H and O–H groups in total. The van der Waals surface area contributed by atoms with E-state index in [-0.39, 0.29) is 0 Å². The predicted molar refractivity (Wildman–Crippen MR) is 86.0 cm³/mol. The van der Waals surface area contributed by atoms with E-state index in [1.165, 1.54) is 64.5 Å². The Labute approximate surface area is 125 Å². The Bertz CT molecular complexity index is 317. The molecule has 1 aliphatic heterocycles. The van der Waals surface area contributed by atoms with E-state index in [1.54, 1.807) is 0 Å². The van der Waals surface area contributed by atoms with Crippen molar-refractivity contribution < 1.29 is 0 Å². The quantitative estimate of drug-likeness (QED) is 0.826. The maximum atomic E-state index is 3.99. The molecule has 1 heterocycles. The summed E-state index contributed by atoms with van der Waals surface area (Å²) in [5, 5.41) is 3.99. The molecule has 2 nitrogen and oxygen atoms in total. The van der Waals surface area contributed by atoms with Gasteiger partial charge in [-0.2, -0.15) is 0 Å². The predicted octanol–water partition coefficient (Wildman–Crippen LogP) is 3.81. The van der Waals surface area contributed by atoms with Gasteiger partial charge in [-0.25, -0.2) is 0 Å². The third kappa shape index (κ3) is 2.78. The molecule has 1 spiro atoms. The summed E-state index contributed by atoms with van der Waals surface area (Å²) in [4.78, 5) is 2.95. The molecule has 0 aromatic rings. The maximum absolute atomic E-state index is 3.99. The minimum absolute atomic E-state index is 0.464. The van der Waals surface area contributed by atoms with Gasteiger partial charge in [0.1, 0.15) is 0 Å². The number of piperazine rings is 1. The SMILES string of the molecule is CC(C)C1CNC2(CCCCC2)CN1C1CCCC1C. The Balaban J connectivity index is 1.77. The van der Waals surface area contributed by atoms with Crippen LogP contribution >= 0.6 is 0 Å². The van der Waals surface area contributed by atoms with Crippen LogP contribution in [0.1, 0.15) is 72.1 Å². The fourth-order valence-electron chi connectivity index (χ4n) is 5.12. The van der Waals surface area contributed by atoms with Gasteiger partial charge in [0.25, 0.3) is 0 Å². The van der Waals surface area contributed by atoms with Crippen LogP contribution in [0.5, 0.6) is 0 Å². The van der Waals surface area contributed by atoms with E-state index >= 15 is 0 Å². The van der Waals surface area contributed by atoms with Gasteiger partial charge in [0.2, 0.25) is 0 Å². The summed E-state index contributed by atoms with van der Waals surface area (Å²) >= 11 is 0. The van der Waals surface area contributed by atoms with Gasteiger partial charge < -0.3 is 5.32 Å². The molecule has 0 radical (unpaired) electrons. The molecule has 0 amide bonds. The van der Waals surface area contributed by atoms with E-state index in [1.807, 2.05) is 0 Å². The van der Waals surface area contributed by atoms with Gasteiger partial charge >= 0.3 is 0 Å². The van der Waals surface area contributed by atoms with Crippen molar-refractivity contribution in [2.24, 2.45) is 11.8 Å². The molecule has 3 aliphatic rings. The number of rotatable bonds is 2. The Hall–Kier alpha value is -0.0800.